The lowest BCUT2D eigenvalue weighted by atomic mass is 10.2. The average molecular weight is 274 g/mol. The Kier molecular flexibility index (Phi) is 3.66. The van der Waals surface area contributed by atoms with Gasteiger partial charge in [-0.15, -0.1) is 0 Å². The highest BCUT2D eigenvalue weighted by molar-refractivity contribution is 5.94. The molecule has 1 heterocycles. The van der Waals surface area contributed by atoms with Gasteiger partial charge in [0, 0.05) is 30.4 Å². The smallest absolute Gasteiger partial charge is 0.227 e. The molecule has 1 aliphatic heterocycles. The van der Waals surface area contributed by atoms with Gasteiger partial charge < -0.3 is 15.0 Å². The zero-order valence-electron chi connectivity index (χ0n) is 12.1. The van der Waals surface area contributed by atoms with Crippen molar-refractivity contribution in [2.45, 2.75) is 38.9 Å². The third kappa shape index (κ3) is 3.12. The topological polar surface area (TPSA) is 41.6 Å². The van der Waals surface area contributed by atoms with Crippen LogP contribution in [0.3, 0.4) is 0 Å². The van der Waals surface area contributed by atoms with Gasteiger partial charge in [0.15, 0.2) is 0 Å². The molecule has 1 saturated carbocycles. The van der Waals surface area contributed by atoms with Crippen molar-refractivity contribution in [2.24, 2.45) is 5.92 Å². The van der Waals surface area contributed by atoms with E-state index in [1.807, 2.05) is 12.1 Å². The van der Waals surface area contributed by atoms with Crippen molar-refractivity contribution >= 4 is 17.3 Å². The Morgan fingerprint density at radius 2 is 1.75 bits per heavy atom. The fourth-order valence-electron chi connectivity index (χ4n) is 2.73. The van der Waals surface area contributed by atoms with Crippen LogP contribution in [0.4, 0.5) is 11.4 Å². The molecule has 0 radical (unpaired) electrons. The highest BCUT2D eigenvalue weighted by atomic mass is 16.5. The Hall–Kier alpha value is -1.55. The molecule has 0 unspecified atom stereocenters. The number of nitrogens with one attached hydrogen (secondary N) is 1. The van der Waals surface area contributed by atoms with E-state index in [1.54, 1.807) is 0 Å². The fraction of sp³-hybridized carbons (Fsp3) is 0.562. The summed E-state index contributed by atoms with van der Waals surface area (Å²) in [5, 5.41) is 2.97. The number of hydrogen-bond acceptors (Lipinski definition) is 3. The Labute approximate surface area is 120 Å². The van der Waals surface area contributed by atoms with Crippen molar-refractivity contribution in [1.82, 2.24) is 0 Å². The summed E-state index contributed by atoms with van der Waals surface area (Å²) in [6.07, 6.45) is 2.59. The van der Waals surface area contributed by atoms with Gasteiger partial charge in [-0.05, 0) is 51.0 Å². The predicted octanol–water partition coefficient (Wildman–Crippen LogP) is 2.65. The molecule has 2 fully saturated rings. The first-order chi connectivity index (χ1) is 9.61. The normalized spacial score (nSPS) is 26.4. The molecule has 1 aromatic carbocycles. The zero-order valence-corrected chi connectivity index (χ0v) is 12.1. The fourth-order valence-corrected chi connectivity index (χ4v) is 2.73. The molecule has 1 amide bonds. The molecule has 1 aliphatic carbocycles. The third-order valence-corrected chi connectivity index (χ3v) is 3.87. The second kappa shape index (κ2) is 5.44. The van der Waals surface area contributed by atoms with Crippen LogP contribution >= 0.6 is 0 Å². The molecule has 1 aromatic rings. The van der Waals surface area contributed by atoms with Crippen LogP contribution in [-0.2, 0) is 9.53 Å². The van der Waals surface area contributed by atoms with Gasteiger partial charge in [0.25, 0.3) is 0 Å². The largest absolute Gasteiger partial charge is 0.372 e. The third-order valence-electron chi connectivity index (χ3n) is 3.87. The molecule has 4 heteroatoms. The molecule has 108 valence electrons. The van der Waals surface area contributed by atoms with Crippen LogP contribution in [0.2, 0.25) is 0 Å². The number of amides is 1. The van der Waals surface area contributed by atoms with Crippen LogP contribution in [0, 0.1) is 5.92 Å². The van der Waals surface area contributed by atoms with Crippen molar-refractivity contribution in [3.63, 3.8) is 0 Å². The van der Waals surface area contributed by atoms with Crippen LogP contribution in [-0.4, -0.2) is 31.2 Å². The van der Waals surface area contributed by atoms with Crippen molar-refractivity contribution in [3.05, 3.63) is 24.3 Å². The molecule has 2 aliphatic rings. The number of hydrogen-bond donors (Lipinski definition) is 1. The number of anilines is 2. The van der Waals surface area contributed by atoms with Crippen molar-refractivity contribution < 1.29 is 9.53 Å². The van der Waals surface area contributed by atoms with Crippen LogP contribution in [0.5, 0.6) is 0 Å². The lowest BCUT2D eigenvalue weighted by molar-refractivity contribution is -0.117. The summed E-state index contributed by atoms with van der Waals surface area (Å²) >= 11 is 0. The van der Waals surface area contributed by atoms with E-state index < -0.39 is 0 Å². The summed E-state index contributed by atoms with van der Waals surface area (Å²) in [5.74, 6) is 0.405. The zero-order chi connectivity index (χ0) is 14.1. The lowest BCUT2D eigenvalue weighted by Crippen LogP contribution is -2.45. The van der Waals surface area contributed by atoms with Crippen molar-refractivity contribution in [2.75, 3.05) is 23.3 Å². The van der Waals surface area contributed by atoms with Gasteiger partial charge in [-0.3, -0.25) is 4.79 Å². The maximum Gasteiger partial charge on any atom is 0.227 e. The first-order valence-electron chi connectivity index (χ1n) is 7.43. The van der Waals surface area contributed by atoms with Crippen LogP contribution < -0.4 is 10.2 Å². The van der Waals surface area contributed by atoms with Gasteiger partial charge in [0.1, 0.15) is 0 Å². The van der Waals surface area contributed by atoms with E-state index in [2.05, 4.69) is 36.2 Å². The molecule has 0 spiro atoms. The summed E-state index contributed by atoms with van der Waals surface area (Å²) < 4.78 is 5.75. The van der Waals surface area contributed by atoms with Gasteiger partial charge >= 0.3 is 0 Å². The molecule has 4 nitrogen and oxygen atoms in total. The van der Waals surface area contributed by atoms with E-state index in [-0.39, 0.29) is 24.0 Å². The monoisotopic (exact) mass is 274 g/mol. The van der Waals surface area contributed by atoms with Gasteiger partial charge in [0.05, 0.1) is 12.2 Å². The van der Waals surface area contributed by atoms with Crippen molar-refractivity contribution in [1.29, 1.82) is 0 Å². The molecular weight excluding hydrogens is 252 g/mol. The minimum Gasteiger partial charge on any atom is -0.372 e. The van der Waals surface area contributed by atoms with E-state index in [1.165, 1.54) is 5.69 Å². The van der Waals surface area contributed by atoms with E-state index >= 15 is 0 Å². The number of ether oxygens (including phenoxy) is 1. The maximum atomic E-state index is 11.7. The van der Waals surface area contributed by atoms with E-state index in [9.17, 15) is 4.79 Å². The molecular formula is C16H22N2O2. The predicted molar refractivity (Wildman–Crippen MR) is 80.0 cm³/mol. The van der Waals surface area contributed by atoms with Crippen LogP contribution in [0.1, 0.15) is 26.7 Å². The molecule has 2 atom stereocenters. The van der Waals surface area contributed by atoms with Crippen molar-refractivity contribution in [3.8, 4) is 0 Å². The molecule has 20 heavy (non-hydrogen) atoms. The quantitative estimate of drug-likeness (QED) is 0.921. The summed E-state index contributed by atoms with van der Waals surface area (Å²) in [6.45, 7) is 6.04. The van der Waals surface area contributed by atoms with Gasteiger partial charge in [-0.25, -0.2) is 0 Å². The second-order valence-corrected chi connectivity index (χ2v) is 5.97. The minimum atomic E-state index is 0.159. The molecule has 1 N–H and O–H groups in total. The van der Waals surface area contributed by atoms with Gasteiger partial charge in [-0.1, -0.05) is 0 Å². The Bertz CT molecular complexity index is 472. The summed E-state index contributed by atoms with van der Waals surface area (Å²) in [7, 11) is 0. The molecule has 3 rings (SSSR count). The summed E-state index contributed by atoms with van der Waals surface area (Å²) in [4.78, 5) is 14.0. The van der Waals surface area contributed by atoms with E-state index in [0.717, 1.165) is 31.6 Å². The first-order valence-corrected chi connectivity index (χ1v) is 7.43. The average Bonchev–Trinajstić information content (AvgIpc) is 3.22. The second-order valence-electron chi connectivity index (χ2n) is 5.97. The molecule has 0 bridgehead atoms. The Morgan fingerprint density at radius 3 is 2.30 bits per heavy atom. The van der Waals surface area contributed by atoms with Gasteiger partial charge in [-0.2, -0.15) is 0 Å². The summed E-state index contributed by atoms with van der Waals surface area (Å²) in [5.41, 5.74) is 2.08. The minimum absolute atomic E-state index is 0.159. The van der Waals surface area contributed by atoms with Crippen LogP contribution in [0.25, 0.3) is 0 Å². The van der Waals surface area contributed by atoms with Gasteiger partial charge in [0.2, 0.25) is 5.91 Å². The SMILES string of the molecule is C[C@H]1CN(c2ccc(NC(=O)C3CC3)cc2)C[C@H](C)O1. The highest BCUT2D eigenvalue weighted by Gasteiger charge is 2.29. The lowest BCUT2D eigenvalue weighted by Gasteiger charge is -2.36. The highest BCUT2D eigenvalue weighted by Crippen LogP contribution is 2.30. The number of carbonyl (C=O) groups is 1. The number of nitrogens with zero attached hydrogens (tertiary/aromatic N) is 1. The number of morpholine rings is 1. The van der Waals surface area contributed by atoms with Crippen LogP contribution in [0.15, 0.2) is 24.3 Å². The summed E-state index contributed by atoms with van der Waals surface area (Å²) in [6, 6.07) is 8.13. The number of carbonyl (C=O) groups excluding carboxylic acids is 1. The standard InChI is InChI=1S/C16H22N2O2/c1-11-9-18(10-12(2)20-11)15-7-5-14(6-8-15)17-16(19)13-3-4-13/h5-8,11-13H,3-4,9-10H2,1-2H3,(H,17,19)/t11-,12-/m0/s1. The first kappa shape index (κ1) is 13.4. The molecule has 0 aromatic heterocycles. The van der Waals surface area contributed by atoms with E-state index in [0.29, 0.717) is 0 Å². The number of benzene rings is 1. The maximum absolute atomic E-state index is 11.7. The number of rotatable bonds is 3. The molecule has 1 saturated heterocycles. The Balaban J connectivity index is 1.64. The Morgan fingerprint density at radius 1 is 1.15 bits per heavy atom. The van der Waals surface area contributed by atoms with E-state index in [4.69, 9.17) is 4.74 Å².